The van der Waals surface area contributed by atoms with Crippen LogP contribution in [0.15, 0.2) is 114 Å². The zero-order valence-corrected chi connectivity index (χ0v) is 31.2. The fourth-order valence-corrected chi connectivity index (χ4v) is 7.27. The maximum Gasteiger partial charge on any atom is 0.216 e. The first-order valence-electron chi connectivity index (χ1n) is 15.9. The van der Waals surface area contributed by atoms with Gasteiger partial charge in [0, 0.05) is 43.4 Å². The van der Waals surface area contributed by atoms with E-state index in [0.29, 0.717) is 11.6 Å². The molecular weight excluding hydrogens is 771 g/mol. The number of benzene rings is 3. The van der Waals surface area contributed by atoms with Crippen LogP contribution in [0.5, 0.6) is 0 Å². The molecule has 7 aromatic rings. The molecule has 7 rings (SSSR count). The van der Waals surface area contributed by atoms with E-state index in [4.69, 9.17) is 9.40 Å². The first-order valence-corrected chi connectivity index (χ1v) is 19.4. The summed E-state index contributed by atoms with van der Waals surface area (Å²) in [6.07, 6.45) is 5.06. The van der Waals surface area contributed by atoms with Gasteiger partial charge in [0.05, 0.1) is 19.4 Å². The van der Waals surface area contributed by atoms with E-state index in [1.807, 2.05) is 72.9 Å². The van der Waals surface area contributed by atoms with Gasteiger partial charge in [-0.2, -0.15) is 0 Å². The molecule has 0 atom stereocenters. The first-order chi connectivity index (χ1) is 22.2. The molecule has 0 saturated carbocycles. The molecule has 0 fully saturated rings. The Morgan fingerprint density at radius 1 is 0.766 bits per heavy atom. The molecule has 239 valence electrons. The number of nitrogens with zero attached hydrogens (tertiary/aromatic N) is 3. The molecule has 4 heterocycles. The van der Waals surface area contributed by atoms with Gasteiger partial charge in [0.2, 0.25) is 5.71 Å². The molecule has 1 radical (unpaired) electrons. The number of hydrogen-bond acceptors (Lipinski definition) is 4. The Kier molecular flexibility index (Phi) is 10.7. The number of fused-ring (bicyclic) bond motifs is 3. The van der Waals surface area contributed by atoms with Gasteiger partial charge in [-0.25, -0.2) is 4.98 Å². The summed E-state index contributed by atoms with van der Waals surface area (Å²) < 4.78 is 5.97. The van der Waals surface area contributed by atoms with Crippen molar-refractivity contribution in [1.29, 1.82) is 0 Å². The minimum Gasteiger partial charge on any atom is -0.486 e. The van der Waals surface area contributed by atoms with E-state index in [1.165, 1.54) is 16.3 Å². The van der Waals surface area contributed by atoms with E-state index >= 15 is 0 Å². The second kappa shape index (κ2) is 14.7. The Morgan fingerprint density at radius 3 is 2.23 bits per heavy atom. The van der Waals surface area contributed by atoms with Gasteiger partial charge < -0.3 is 14.4 Å². The Bertz CT molecular complexity index is 2100. The van der Waals surface area contributed by atoms with Crippen LogP contribution >= 0.6 is 0 Å². The maximum atomic E-state index is 5.97. The normalized spacial score (nSPS) is 11.3. The van der Waals surface area contributed by atoms with Gasteiger partial charge in [-0.3, -0.25) is 0 Å². The fraction of sp³-hybridized carbons (Fsp3) is 0.195. The van der Waals surface area contributed by atoms with Crippen LogP contribution in [0.3, 0.4) is 0 Å². The van der Waals surface area contributed by atoms with Crippen molar-refractivity contribution in [2.45, 2.75) is 46.8 Å². The van der Waals surface area contributed by atoms with Crippen molar-refractivity contribution in [3.8, 4) is 33.8 Å². The average Bonchev–Trinajstić information content (AvgIpc) is 3.42. The summed E-state index contributed by atoms with van der Waals surface area (Å²) in [5.74, 6) is 0.667. The number of furan rings is 1. The van der Waals surface area contributed by atoms with Gasteiger partial charge >= 0.3 is 0 Å². The van der Waals surface area contributed by atoms with E-state index in [1.54, 1.807) is 0 Å². The van der Waals surface area contributed by atoms with E-state index in [9.17, 15) is 0 Å². The minimum atomic E-state index is -1.34. The van der Waals surface area contributed by atoms with Crippen LogP contribution in [0.1, 0.15) is 25.0 Å². The molecule has 0 spiro atoms. The molecule has 4 aromatic heterocycles. The van der Waals surface area contributed by atoms with Crippen molar-refractivity contribution in [1.82, 2.24) is 15.0 Å². The van der Waals surface area contributed by atoms with Crippen molar-refractivity contribution in [2.75, 3.05) is 0 Å². The van der Waals surface area contributed by atoms with Crippen molar-refractivity contribution >= 4 is 35.3 Å². The molecule has 0 aliphatic rings. The summed E-state index contributed by atoms with van der Waals surface area (Å²) in [5, 5.41) is 3.53. The number of pyridine rings is 3. The SMILES string of the molecule is CC(C)Cc1cc(-c2[c-]cccc2)ncc1[Si](C)(C)C.Cc1ccnc(-c2[c-]cc3oc4nc(-c5ccccc5)ccc4c3c2)c1.[Ir]. The van der Waals surface area contributed by atoms with Gasteiger partial charge in [-0.1, -0.05) is 92.5 Å². The van der Waals surface area contributed by atoms with Gasteiger partial charge in [-0.15, -0.1) is 59.7 Å². The Labute approximate surface area is 292 Å². The summed E-state index contributed by atoms with van der Waals surface area (Å²) >= 11 is 0. The van der Waals surface area contributed by atoms with Crippen LogP contribution in [0.25, 0.3) is 55.8 Å². The van der Waals surface area contributed by atoms with E-state index in [2.05, 4.69) is 99.0 Å². The molecule has 0 N–H and O–H groups in total. The molecule has 0 aliphatic carbocycles. The van der Waals surface area contributed by atoms with Crippen LogP contribution in [0.4, 0.5) is 0 Å². The minimum absolute atomic E-state index is 0. The van der Waals surface area contributed by atoms with Crippen LogP contribution in [0, 0.1) is 25.0 Å². The standard InChI is InChI=1S/C23H15N2O.C18H24NSi.Ir/c1-15-11-12-24-21(13-15)17-7-10-22-19(14-17)18-8-9-20(25-23(18)26-22)16-5-3-2-4-6-16;1-14(2)11-16-12-17(15-9-7-6-8-10-15)19-13-18(16)20(3,4)5;/h2-6,8-14H,1H3;6-9,12-14H,11H2,1-5H3;/q2*-1;. The molecule has 0 amide bonds. The second-order valence-electron chi connectivity index (χ2n) is 13.2. The molecule has 6 heteroatoms. The third-order valence-electron chi connectivity index (χ3n) is 7.94. The zero-order valence-electron chi connectivity index (χ0n) is 27.8. The quantitative estimate of drug-likeness (QED) is 0.124. The molecular formula is C41H39IrN3OSi-2. The van der Waals surface area contributed by atoms with Crippen molar-refractivity contribution in [3.63, 3.8) is 0 Å². The molecule has 0 aliphatic heterocycles. The number of aryl methyl sites for hydroxylation is 1. The van der Waals surface area contributed by atoms with Crippen LogP contribution in [-0.4, -0.2) is 23.0 Å². The van der Waals surface area contributed by atoms with Crippen molar-refractivity contribution in [3.05, 3.63) is 133 Å². The van der Waals surface area contributed by atoms with Gasteiger partial charge in [-0.05, 0) is 54.0 Å². The van der Waals surface area contributed by atoms with Gasteiger partial charge in [0.15, 0.2) is 0 Å². The first kappa shape index (κ1) is 34.1. The topological polar surface area (TPSA) is 51.8 Å². The Hall–Kier alpha value is -4.22. The number of hydrogen-bond donors (Lipinski definition) is 0. The van der Waals surface area contributed by atoms with Crippen LogP contribution in [-0.2, 0) is 26.5 Å². The smallest absolute Gasteiger partial charge is 0.216 e. The molecule has 47 heavy (non-hydrogen) atoms. The number of rotatable bonds is 6. The largest absolute Gasteiger partial charge is 0.486 e. The molecule has 0 bridgehead atoms. The van der Waals surface area contributed by atoms with E-state index in [-0.39, 0.29) is 20.1 Å². The Balaban J connectivity index is 0.000000188. The predicted molar refractivity (Wildman–Crippen MR) is 194 cm³/mol. The van der Waals surface area contributed by atoms with Crippen molar-refractivity contribution in [2.24, 2.45) is 5.92 Å². The molecule has 0 unspecified atom stereocenters. The van der Waals surface area contributed by atoms with E-state index in [0.717, 1.165) is 56.5 Å². The summed E-state index contributed by atoms with van der Waals surface area (Å²) in [6.45, 7) is 13.8. The van der Waals surface area contributed by atoms with Gasteiger partial charge in [0.25, 0.3) is 0 Å². The summed E-state index contributed by atoms with van der Waals surface area (Å²) in [7, 11) is -1.34. The van der Waals surface area contributed by atoms with E-state index < -0.39 is 8.07 Å². The van der Waals surface area contributed by atoms with Gasteiger partial charge in [0.1, 0.15) is 0 Å². The van der Waals surface area contributed by atoms with Crippen LogP contribution < -0.4 is 5.19 Å². The second-order valence-corrected chi connectivity index (χ2v) is 18.2. The average molecular weight is 810 g/mol. The fourth-order valence-electron chi connectivity index (χ4n) is 5.68. The van der Waals surface area contributed by atoms with Crippen LogP contribution in [0.2, 0.25) is 19.6 Å². The zero-order chi connectivity index (χ0) is 32.3. The monoisotopic (exact) mass is 810 g/mol. The summed E-state index contributed by atoms with van der Waals surface area (Å²) in [5.41, 5.74) is 10.1. The maximum absolute atomic E-state index is 5.97. The molecule has 0 saturated heterocycles. The summed E-state index contributed by atoms with van der Waals surface area (Å²) in [6, 6.07) is 39.1. The molecule has 3 aromatic carbocycles. The summed E-state index contributed by atoms with van der Waals surface area (Å²) in [4.78, 5) is 13.8. The third-order valence-corrected chi connectivity index (χ3v) is 10.0. The van der Waals surface area contributed by atoms with Crippen molar-refractivity contribution < 1.29 is 24.5 Å². The third kappa shape index (κ3) is 8.02. The molecule has 4 nitrogen and oxygen atoms in total. The predicted octanol–water partition coefficient (Wildman–Crippen LogP) is 10.1. The number of aromatic nitrogens is 3. The Morgan fingerprint density at radius 2 is 1.53 bits per heavy atom.